The molecular weight excluding hydrogens is 402 g/mol. The maximum atomic E-state index is 12.9. The van der Waals surface area contributed by atoms with Crippen molar-refractivity contribution in [3.05, 3.63) is 53.3 Å². The fourth-order valence-electron chi connectivity index (χ4n) is 3.28. The van der Waals surface area contributed by atoms with Crippen LogP contribution in [0.1, 0.15) is 31.9 Å². The number of aryl methyl sites for hydroxylation is 2. The molecule has 3 rings (SSSR count). The lowest BCUT2D eigenvalue weighted by atomic mass is 9.87. The van der Waals surface area contributed by atoms with Crippen LogP contribution in [0.2, 0.25) is 0 Å². The number of para-hydroxylation sites is 1. The Morgan fingerprint density at radius 1 is 1.23 bits per heavy atom. The van der Waals surface area contributed by atoms with Crippen molar-refractivity contribution < 1.29 is 17.9 Å². The van der Waals surface area contributed by atoms with Crippen molar-refractivity contribution >= 4 is 21.8 Å². The summed E-state index contributed by atoms with van der Waals surface area (Å²) in [5.74, 6) is 0.879. The maximum Gasteiger partial charge on any atom is 0.256 e. The predicted molar refractivity (Wildman–Crippen MR) is 118 cm³/mol. The second kappa shape index (κ2) is 8.26. The molecule has 0 spiro atoms. The number of fused-ring (bicyclic) bond motifs is 1. The smallest absolute Gasteiger partial charge is 0.256 e. The summed E-state index contributed by atoms with van der Waals surface area (Å²) in [4.78, 5) is 14.6. The maximum absolute atomic E-state index is 12.9. The van der Waals surface area contributed by atoms with E-state index >= 15 is 0 Å². The molecule has 1 aromatic rings. The molecule has 2 aliphatic rings. The van der Waals surface area contributed by atoms with E-state index in [9.17, 15) is 13.2 Å². The SMILES string of the molecule is Cc1cccc(C)c1OC[C@@H](NC(=O)C1=CN2CCS(=O)(=O)N=C2C=C1)C(C)(C)C. The van der Waals surface area contributed by atoms with Crippen LogP contribution in [0.5, 0.6) is 5.75 Å². The normalized spacial score (nSPS) is 18.8. The minimum absolute atomic E-state index is 0.0655. The first-order valence-electron chi connectivity index (χ1n) is 9.95. The first kappa shape index (κ1) is 22.1. The van der Waals surface area contributed by atoms with Gasteiger partial charge < -0.3 is 15.0 Å². The molecule has 0 bridgehead atoms. The van der Waals surface area contributed by atoms with Crippen molar-refractivity contribution in [2.24, 2.45) is 9.81 Å². The molecule has 0 saturated heterocycles. The number of carbonyl (C=O) groups is 1. The second-order valence-corrected chi connectivity index (χ2v) is 10.5. The molecule has 8 heteroatoms. The molecular formula is C22H29N3O4S. The minimum Gasteiger partial charge on any atom is -0.491 e. The van der Waals surface area contributed by atoms with E-state index in [-0.39, 0.29) is 29.7 Å². The number of hydrogen-bond acceptors (Lipinski definition) is 5. The standard InChI is InChI=1S/C22H29N3O4S/c1-15-7-6-8-16(2)20(15)29-14-18(22(3,4)5)23-21(26)17-9-10-19-24-30(27,28)12-11-25(19)13-17/h6-10,13,18H,11-12,14H2,1-5H3,(H,23,26)/t18-/m1/s1. The summed E-state index contributed by atoms with van der Waals surface area (Å²) in [6.45, 7) is 10.8. The molecule has 162 valence electrons. The summed E-state index contributed by atoms with van der Waals surface area (Å²) in [5.41, 5.74) is 2.34. The number of benzene rings is 1. The molecule has 1 aromatic carbocycles. The lowest BCUT2D eigenvalue weighted by Crippen LogP contribution is -2.48. The molecule has 1 N–H and O–H groups in total. The van der Waals surface area contributed by atoms with E-state index in [2.05, 4.69) is 30.5 Å². The summed E-state index contributed by atoms with van der Waals surface area (Å²) in [5, 5.41) is 3.08. The van der Waals surface area contributed by atoms with Gasteiger partial charge in [-0.1, -0.05) is 39.0 Å². The Balaban J connectivity index is 1.72. The first-order chi connectivity index (χ1) is 14.0. The van der Waals surface area contributed by atoms with Crippen LogP contribution in [-0.2, 0) is 14.8 Å². The van der Waals surface area contributed by atoms with Gasteiger partial charge in [-0.25, -0.2) is 8.42 Å². The zero-order chi connectivity index (χ0) is 22.1. The minimum atomic E-state index is -3.42. The third kappa shape index (κ3) is 5.11. The summed E-state index contributed by atoms with van der Waals surface area (Å²) in [7, 11) is -3.42. The predicted octanol–water partition coefficient (Wildman–Crippen LogP) is 2.71. The summed E-state index contributed by atoms with van der Waals surface area (Å²) in [6.07, 6.45) is 4.80. The molecule has 30 heavy (non-hydrogen) atoms. The lowest BCUT2D eigenvalue weighted by Gasteiger charge is -2.32. The van der Waals surface area contributed by atoms with E-state index in [0.717, 1.165) is 16.9 Å². The van der Waals surface area contributed by atoms with Gasteiger partial charge >= 0.3 is 0 Å². The highest BCUT2D eigenvalue weighted by atomic mass is 32.2. The Kier molecular flexibility index (Phi) is 6.08. The van der Waals surface area contributed by atoms with Crippen LogP contribution in [0.4, 0.5) is 0 Å². The number of nitrogens with one attached hydrogen (secondary N) is 1. The Labute approximate surface area is 178 Å². The van der Waals surface area contributed by atoms with Crippen LogP contribution in [0.15, 0.2) is 46.5 Å². The monoisotopic (exact) mass is 431 g/mol. The van der Waals surface area contributed by atoms with Gasteiger partial charge in [0.25, 0.3) is 15.9 Å². The van der Waals surface area contributed by atoms with E-state index in [1.807, 2.05) is 32.0 Å². The average Bonchev–Trinajstić information content (AvgIpc) is 2.64. The Morgan fingerprint density at radius 2 is 1.90 bits per heavy atom. The molecule has 2 heterocycles. The fourth-order valence-corrected chi connectivity index (χ4v) is 4.25. The number of nitrogens with zero attached hydrogens (tertiary/aromatic N) is 2. The van der Waals surface area contributed by atoms with Crippen molar-refractivity contribution in [3.63, 3.8) is 0 Å². The lowest BCUT2D eigenvalue weighted by molar-refractivity contribution is -0.119. The van der Waals surface area contributed by atoms with Crippen LogP contribution in [-0.4, -0.2) is 50.0 Å². The van der Waals surface area contributed by atoms with E-state index < -0.39 is 10.0 Å². The van der Waals surface area contributed by atoms with Gasteiger partial charge in [0.1, 0.15) is 18.2 Å². The van der Waals surface area contributed by atoms with Gasteiger partial charge in [0.05, 0.1) is 17.4 Å². The molecule has 0 aromatic heterocycles. The zero-order valence-electron chi connectivity index (χ0n) is 18.1. The van der Waals surface area contributed by atoms with Crippen LogP contribution in [0, 0.1) is 19.3 Å². The third-order valence-corrected chi connectivity index (χ3v) is 6.40. The van der Waals surface area contributed by atoms with Crippen molar-refractivity contribution in [2.75, 3.05) is 18.9 Å². The van der Waals surface area contributed by atoms with Gasteiger partial charge in [0.15, 0.2) is 0 Å². The number of rotatable bonds is 5. The molecule has 0 radical (unpaired) electrons. The number of carbonyl (C=O) groups excluding carboxylic acids is 1. The molecule has 0 fully saturated rings. The summed E-state index contributed by atoms with van der Waals surface area (Å²) < 4.78 is 33.1. The van der Waals surface area contributed by atoms with Gasteiger partial charge in [-0.2, -0.15) is 0 Å². The molecule has 2 aliphatic heterocycles. The largest absolute Gasteiger partial charge is 0.491 e. The highest BCUT2D eigenvalue weighted by Crippen LogP contribution is 2.26. The zero-order valence-corrected chi connectivity index (χ0v) is 18.9. The van der Waals surface area contributed by atoms with Crippen molar-refractivity contribution in [1.82, 2.24) is 10.2 Å². The van der Waals surface area contributed by atoms with Gasteiger partial charge in [0.2, 0.25) is 0 Å². The third-order valence-electron chi connectivity index (χ3n) is 5.24. The van der Waals surface area contributed by atoms with Gasteiger partial charge in [-0.05, 0) is 42.5 Å². The average molecular weight is 432 g/mol. The first-order valence-corrected chi connectivity index (χ1v) is 11.6. The number of ether oxygens (including phenoxy) is 1. The molecule has 0 unspecified atom stereocenters. The van der Waals surface area contributed by atoms with Crippen molar-refractivity contribution in [3.8, 4) is 5.75 Å². The number of hydrogen-bond donors (Lipinski definition) is 1. The Bertz CT molecular complexity index is 1010. The summed E-state index contributed by atoms with van der Waals surface area (Å²) >= 11 is 0. The number of sulfonamides is 1. The number of amides is 1. The summed E-state index contributed by atoms with van der Waals surface area (Å²) in [6, 6.07) is 5.77. The van der Waals surface area contributed by atoms with Gasteiger partial charge in [-0.3, -0.25) is 4.79 Å². The molecule has 0 saturated carbocycles. The van der Waals surface area contributed by atoms with Crippen LogP contribution in [0.3, 0.4) is 0 Å². The van der Waals surface area contributed by atoms with E-state index in [1.165, 1.54) is 0 Å². The van der Waals surface area contributed by atoms with Crippen LogP contribution >= 0.6 is 0 Å². The molecule has 1 amide bonds. The molecule has 0 aliphatic carbocycles. The van der Waals surface area contributed by atoms with Crippen molar-refractivity contribution in [2.45, 2.75) is 40.7 Å². The Morgan fingerprint density at radius 3 is 2.53 bits per heavy atom. The Hall–Kier alpha value is -2.61. The second-order valence-electron chi connectivity index (χ2n) is 8.77. The van der Waals surface area contributed by atoms with E-state index in [4.69, 9.17) is 4.74 Å². The van der Waals surface area contributed by atoms with E-state index in [1.54, 1.807) is 23.3 Å². The quantitative estimate of drug-likeness (QED) is 0.774. The highest BCUT2D eigenvalue weighted by Gasteiger charge is 2.30. The molecule has 7 nitrogen and oxygen atoms in total. The number of amidine groups is 1. The molecule has 1 atom stereocenters. The highest BCUT2D eigenvalue weighted by molar-refractivity contribution is 7.90. The van der Waals surface area contributed by atoms with Gasteiger partial charge in [-0.15, -0.1) is 4.40 Å². The van der Waals surface area contributed by atoms with E-state index in [0.29, 0.717) is 18.0 Å². The van der Waals surface area contributed by atoms with Gasteiger partial charge in [0, 0.05) is 12.7 Å². The van der Waals surface area contributed by atoms with Crippen molar-refractivity contribution in [1.29, 1.82) is 0 Å². The fraction of sp³-hybridized carbons (Fsp3) is 0.455. The topological polar surface area (TPSA) is 88.1 Å². The van der Waals surface area contributed by atoms with Crippen LogP contribution in [0.25, 0.3) is 0 Å². The van der Waals surface area contributed by atoms with Crippen LogP contribution < -0.4 is 10.1 Å².